The SMILES string of the molecule is CCS(=O)(=O)N1CCC(c2c[nH]c3c(C(N)=O)cc(-c4cc(CCC(C)C)c(OC)c(OC)c4)cc23)CC1. The van der Waals surface area contributed by atoms with Gasteiger partial charge in [-0.15, -0.1) is 0 Å². The predicted octanol–water partition coefficient (Wildman–Crippen LogP) is 5.07. The number of primary amides is 1. The van der Waals surface area contributed by atoms with Crippen LogP contribution in [0, 0.1) is 5.92 Å². The Morgan fingerprint density at radius 1 is 1.11 bits per heavy atom. The number of sulfonamides is 1. The Morgan fingerprint density at radius 3 is 2.37 bits per heavy atom. The molecule has 9 heteroatoms. The number of nitrogens with zero attached hydrogens (tertiary/aromatic N) is 1. The molecule has 3 N–H and O–H groups in total. The van der Waals surface area contributed by atoms with Gasteiger partial charge in [-0.05, 0) is 91.0 Å². The number of carbonyl (C=O) groups excluding carboxylic acids is 1. The molecule has 0 saturated carbocycles. The zero-order chi connectivity index (χ0) is 27.6. The highest BCUT2D eigenvalue weighted by Crippen LogP contribution is 2.41. The summed E-state index contributed by atoms with van der Waals surface area (Å²) in [5.41, 5.74) is 10.9. The predicted molar refractivity (Wildman–Crippen MR) is 152 cm³/mol. The molecule has 0 aliphatic carbocycles. The highest BCUT2D eigenvalue weighted by atomic mass is 32.2. The first-order chi connectivity index (χ1) is 18.1. The third kappa shape index (κ3) is 5.54. The lowest BCUT2D eigenvalue weighted by molar-refractivity contribution is 0.100. The number of benzene rings is 2. The molecule has 1 amide bonds. The molecule has 0 bridgehead atoms. The molecular weight excluding hydrogens is 502 g/mol. The van der Waals surface area contributed by atoms with Crippen LogP contribution in [0.25, 0.3) is 22.0 Å². The lowest BCUT2D eigenvalue weighted by Gasteiger charge is -2.31. The summed E-state index contributed by atoms with van der Waals surface area (Å²) in [6.07, 6.45) is 5.22. The van der Waals surface area contributed by atoms with Crippen molar-refractivity contribution in [3.05, 3.63) is 47.2 Å². The van der Waals surface area contributed by atoms with Crippen molar-refractivity contribution >= 4 is 26.8 Å². The van der Waals surface area contributed by atoms with Crippen LogP contribution in [-0.4, -0.2) is 56.7 Å². The average Bonchev–Trinajstić information content (AvgIpc) is 3.34. The van der Waals surface area contributed by atoms with E-state index in [9.17, 15) is 13.2 Å². The van der Waals surface area contributed by atoms with Gasteiger partial charge in [0.1, 0.15) is 0 Å². The molecule has 1 aliphatic heterocycles. The summed E-state index contributed by atoms with van der Waals surface area (Å²) >= 11 is 0. The first kappa shape index (κ1) is 28.0. The van der Waals surface area contributed by atoms with Crippen molar-refractivity contribution in [2.24, 2.45) is 11.7 Å². The molecule has 2 heterocycles. The highest BCUT2D eigenvalue weighted by Gasteiger charge is 2.29. The van der Waals surface area contributed by atoms with Crippen LogP contribution < -0.4 is 15.2 Å². The maximum atomic E-state index is 12.5. The molecule has 1 saturated heterocycles. The number of methoxy groups -OCH3 is 2. The van der Waals surface area contributed by atoms with Crippen molar-refractivity contribution in [2.45, 2.75) is 52.4 Å². The Kier molecular flexibility index (Phi) is 8.37. The summed E-state index contributed by atoms with van der Waals surface area (Å²) in [5.74, 6) is 1.69. The smallest absolute Gasteiger partial charge is 0.250 e. The molecule has 1 aromatic heterocycles. The van der Waals surface area contributed by atoms with Gasteiger partial charge in [0.15, 0.2) is 11.5 Å². The molecule has 1 fully saturated rings. The van der Waals surface area contributed by atoms with Crippen LogP contribution in [0.15, 0.2) is 30.5 Å². The molecule has 0 atom stereocenters. The molecule has 38 heavy (non-hydrogen) atoms. The zero-order valence-electron chi connectivity index (χ0n) is 23.0. The van der Waals surface area contributed by atoms with E-state index in [1.165, 1.54) is 0 Å². The van der Waals surface area contributed by atoms with E-state index < -0.39 is 15.9 Å². The third-order valence-electron chi connectivity index (χ3n) is 7.62. The van der Waals surface area contributed by atoms with Gasteiger partial charge in [-0.3, -0.25) is 4.79 Å². The number of nitrogens with one attached hydrogen (secondary N) is 1. The van der Waals surface area contributed by atoms with Crippen molar-refractivity contribution in [1.29, 1.82) is 0 Å². The minimum Gasteiger partial charge on any atom is -0.493 e. The van der Waals surface area contributed by atoms with Gasteiger partial charge in [0.25, 0.3) is 5.91 Å². The standard InChI is InChI=1S/C29H39N3O5S/c1-6-38(34,35)32-11-9-19(10-12-32)25-17-31-27-23(25)14-22(15-24(27)29(30)33)21-13-20(8-7-18(2)3)28(37-5)26(16-21)36-4/h13-19,31H,6-12H2,1-5H3,(H2,30,33). The van der Waals surface area contributed by atoms with E-state index in [0.29, 0.717) is 35.8 Å². The number of hydrogen-bond acceptors (Lipinski definition) is 5. The Balaban J connectivity index is 1.79. The van der Waals surface area contributed by atoms with Gasteiger partial charge < -0.3 is 20.2 Å². The summed E-state index contributed by atoms with van der Waals surface area (Å²) in [6, 6.07) is 7.96. The van der Waals surface area contributed by atoms with Gasteiger partial charge >= 0.3 is 0 Å². The topological polar surface area (TPSA) is 115 Å². The number of nitrogens with two attached hydrogens (primary N) is 1. The van der Waals surface area contributed by atoms with Crippen molar-refractivity contribution in [1.82, 2.24) is 9.29 Å². The second-order valence-electron chi connectivity index (χ2n) is 10.4. The number of H-pyrrole nitrogens is 1. The van der Waals surface area contributed by atoms with E-state index in [0.717, 1.165) is 59.1 Å². The van der Waals surface area contributed by atoms with Crippen LogP contribution >= 0.6 is 0 Å². The number of ether oxygens (including phenoxy) is 2. The third-order valence-corrected chi connectivity index (χ3v) is 9.50. The van der Waals surface area contributed by atoms with Crippen LogP contribution in [-0.2, 0) is 16.4 Å². The van der Waals surface area contributed by atoms with Gasteiger partial charge in [-0.25, -0.2) is 12.7 Å². The second-order valence-corrected chi connectivity index (χ2v) is 12.7. The first-order valence-corrected chi connectivity index (χ1v) is 14.9. The lowest BCUT2D eigenvalue weighted by atomic mass is 9.88. The number of rotatable bonds is 10. The quantitative estimate of drug-likeness (QED) is 0.372. The van der Waals surface area contributed by atoms with Gasteiger partial charge in [-0.2, -0.15) is 0 Å². The van der Waals surface area contributed by atoms with Crippen LogP contribution in [0.3, 0.4) is 0 Å². The van der Waals surface area contributed by atoms with Crippen LogP contribution in [0.1, 0.15) is 67.4 Å². The van der Waals surface area contributed by atoms with Crippen molar-refractivity contribution in [3.8, 4) is 22.6 Å². The molecular formula is C29H39N3O5S. The summed E-state index contributed by atoms with van der Waals surface area (Å²) in [4.78, 5) is 15.8. The monoisotopic (exact) mass is 541 g/mol. The van der Waals surface area contributed by atoms with Crippen LogP contribution in [0.5, 0.6) is 11.5 Å². The molecule has 0 radical (unpaired) electrons. The molecule has 2 aromatic carbocycles. The van der Waals surface area contributed by atoms with Crippen molar-refractivity contribution < 1.29 is 22.7 Å². The summed E-state index contributed by atoms with van der Waals surface area (Å²) in [5, 5.41) is 0.937. The van der Waals surface area contributed by atoms with E-state index in [4.69, 9.17) is 15.2 Å². The van der Waals surface area contributed by atoms with Crippen LogP contribution in [0.2, 0.25) is 0 Å². The number of hydrogen-bond donors (Lipinski definition) is 2. The molecule has 1 aliphatic rings. The van der Waals surface area contributed by atoms with Gasteiger partial charge in [0.05, 0.1) is 31.1 Å². The largest absolute Gasteiger partial charge is 0.493 e. The number of aryl methyl sites for hydroxylation is 1. The number of fused-ring (bicyclic) bond motifs is 1. The van der Waals surface area contributed by atoms with E-state index >= 15 is 0 Å². The summed E-state index contributed by atoms with van der Waals surface area (Å²) < 4.78 is 37.6. The summed E-state index contributed by atoms with van der Waals surface area (Å²) in [7, 11) is 0.0745. The molecule has 0 unspecified atom stereocenters. The fraction of sp³-hybridized carbons (Fsp3) is 0.483. The summed E-state index contributed by atoms with van der Waals surface area (Å²) in [6.45, 7) is 7.04. The Morgan fingerprint density at radius 2 is 1.79 bits per heavy atom. The number of carbonyl (C=O) groups is 1. The fourth-order valence-corrected chi connectivity index (χ4v) is 6.55. The Labute approximate surface area is 225 Å². The van der Waals surface area contributed by atoms with E-state index in [2.05, 4.69) is 31.0 Å². The maximum absolute atomic E-state index is 12.5. The number of aromatic nitrogens is 1. The number of piperidine rings is 1. The lowest BCUT2D eigenvalue weighted by Crippen LogP contribution is -2.38. The fourth-order valence-electron chi connectivity index (χ4n) is 5.42. The van der Waals surface area contributed by atoms with E-state index in [1.54, 1.807) is 25.4 Å². The Bertz CT molecular complexity index is 1420. The number of amides is 1. The number of aromatic amines is 1. The molecule has 3 aromatic rings. The Hall–Kier alpha value is -3.04. The zero-order valence-corrected chi connectivity index (χ0v) is 23.8. The molecule has 8 nitrogen and oxygen atoms in total. The van der Waals surface area contributed by atoms with E-state index in [1.807, 2.05) is 18.3 Å². The first-order valence-electron chi connectivity index (χ1n) is 13.3. The highest BCUT2D eigenvalue weighted by molar-refractivity contribution is 7.89. The normalized spacial score (nSPS) is 15.3. The molecule has 4 rings (SSSR count). The average molecular weight is 542 g/mol. The maximum Gasteiger partial charge on any atom is 0.250 e. The van der Waals surface area contributed by atoms with Crippen molar-refractivity contribution in [3.63, 3.8) is 0 Å². The molecule has 206 valence electrons. The van der Waals surface area contributed by atoms with Crippen LogP contribution in [0.4, 0.5) is 0 Å². The minimum atomic E-state index is -3.20. The van der Waals surface area contributed by atoms with Gasteiger partial charge in [-0.1, -0.05) is 13.8 Å². The van der Waals surface area contributed by atoms with Gasteiger partial charge in [0.2, 0.25) is 10.0 Å². The second kappa shape index (κ2) is 11.4. The molecule has 0 spiro atoms. The van der Waals surface area contributed by atoms with E-state index in [-0.39, 0.29) is 11.7 Å². The minimum absolute atomic E-state index is 0.112. The van der Waals surface area contributed by atoms with Crippen molar-refractivity contribution in [2.75, 3.05) is 33.1 Å². The van der Waals surface area contributed by atoms with Gasteiger partial charge in [0, 0.05) is 24.7 Å².